The molecule has 3 heterocycles. The molecule has 3 aliphatic rings. The number of hydrogen-bond donors (Lipinski definition) is 2. The van der Waals surface area contributed by atoms with Crippen molar-refractivity contribution in [3.8, 4) is 0 Å². The van der Waals surface area contributed by atoms with Gasteiger partial charge in [0.05, 0.1) is 37.6 Å². The Morgan fingerprint density at radius 3 is 2.61 bits per heavy atom. The number of nitrogens with zero attached hydrogens (tertiary/aromatic N) is 2. The molecule has 1 atom stereocenters. The molecule has 1 aliphatic carbocycles. The first kappa shape index (κ1) is 29.3. The molecule has 1 aromatic carbocycles. The Balaban J connectivity index is 1.44. The molecule has 2 aromatic rings. The lowest BCUT2D eigenvalue weighted by Gasteiger charge is -2.41. The number of benzene rings is 1. The van der Waals surface area contributed by atoms with E-state index in [1.165, 1.54) is 12.0 Å². The first-order valence-corrected chi connectivity index (χ1v) is 14.5. The van der Waals surface area contributed by atoms with E-state index in [4.69, 9.17) is 9.15 Å². The van der Waals surface area contributed by atoms with Gasteiger partial charge in [0.15, 0.2) is 0 Å². The minimum Gasteiger partial charge on any atom is -0.500 e. The van der Waals surface area contributed by atoms with E-state index in [-0.39, 0.29) is 30.4 Å². The topological polar surface area (TPSA) is 87.1 Å². The Kier molecular flexibility index (Phi) is 8.54. The van der Waals surface area contributed by atoms with Crippen LogP contribution in [0.4, 0.5) is 18.9 Å². The van der Waals surface area contributed by atoms with Crippen molar-refractivity contribution in [2.24, 2.45) is 5.92 Å². The van der Waals surface area contributed by atoms with Gasteiger partial charge in [-0.15, -0.1) is 0 Å². The largest absolute Gasteiger partial charge is 0.500 e. The number of carbonyl (C=O) groups is 2. The summed E-state index contributed by atoms with van der Waals surface area (Å²) in [5, 5.41) is 6.53. The van der Waals surface area contributed by atoms with E-state index in [2.05, 4.69) is 15.5 Å². The summed E-state index contributed by atoms with van der Waals surface area (Å²) in [7, 11) is 1.53. The predicted molar refractivity (Wildman–Crippen MR) is 150 cm³/mol. The zero-order chi connectivity index (χ0) is 29.3. The fourth-order valence-electron chi connectivity index (χ4n) is 6.21. The minimum absolute atomic E-state index is 0.0245. The van der Waals surface area contributed by atoms with E-state index in [1.807, 2.05) is 19.9 Å². The second-order valence-electron chi connectivity index (χ2n) is 11.5. The van der Waals surface area contributed by atoms with Crippen LogP contribution in [0.5, 0.6) is 0 Å². The average molecular weight is 577 g/mol. The molecule has 2 N–H and O–H groups in total. The highest BCUT2D eigenvalue weighted by Gasteiger charge is 2.36. The number of methoxy groups -OCH3 is 1. The number of rotatable bonds is 10. The van der Waals surface area contributed by atoms with Crippen LogP contribution in [-0.4, -0.2) is 74.8 Å². The first-order chi connectivity index (χ1) is 19.6. The quantitative estimate of drug-likeness (QED) is 0.424. The van der Waals surface area contributed by atoms with Crippen LogP contribution in [0.2, 0.25) is 0 Å². The van der Waals surface area contributed by atoms with Gasteiger partial charge in [-0.3, -0.25) is 14.5 Å². The lowest BCUT2D eigenvalue weighted by Crippen LogP contribution is -2.48. The molecule has 2 fully saturated rings. The van der Waals surface area contributed by atoms with Crippen molar-refractivity contribution >= 4 is 28.5 Å². The minimum atomic E-state index is -4.21. The number of ether oxygens (including phenoxy) is 1. The van der Waals surface area contributed by atoms with Gasteiger partial charge in [-0.25, -0.2) is 0 Å². The maximum atomic E-state index is 13.8. The Morgan fingerprint density at radius 1 is 1.24 bits per heavy atom. The van der Waals surface area contributed by atoms with E-state index in [1.54, 1.807) is 12.3 Å². The third kappa shape index (κ3) is 6.66. The molecule has 11 heteroatoms. The average Bonchev–Trinajstić information content (AvgIpc) is 3.63. The number of likely N-dealkylation sites (tertiary alicyclic amines) is 1. The molecule has 2 amide bonds. The molecule has 1 saturated heterocycles. The van der Waals surface area contributed by atoms with Gasteiger partial charge in [-0.1, -0.05) is 6.92 Å². The molecule has 1 saturated carbocycles. The number of hydrogen-bond acceptors (Lipinski definition) is 6. The number of carbonyl (C=O) groups excluding carboxylic acids is 2. The number of amides is 2. The van der Waals surface area contributed by atoms with Gasteiger partial charge < -0.3 is 24.7 Å². The summed E-state index contributed by atoms with van der Waals surface area (Å²) in [6.07, 6.45) is 1.96. The molecule has 0 spiro atoms. The van der Waals surface area contributed by atoms with Crippen LogP contribution < -0.4 is 15.5 Å². The highest BCUT2D eigenvalue weighted by atomic mass is 19.4. The Bertz CT molecular complexity index is 1310. The van der Waals surface area contributed by atoms with E-state index >= 15 is 0 Å². The van der Waals surface area contributed by atoms with Crippen molar-refractivity contribution in [1.82, 2.24) is 15.5 Å². The number of nitrogens with one attached hydrogen (secondary N) is 2. The summed E-state index contributed by atoms with van der Waals surface area (Å²) in [4.78, 5) is 30.3. The van der Waals surface area contributed by atoms with E-state index < -0.39 is 12.7 Å². The van der Waals surface area contributed by atoms with Crippen molar-refractivity contribution in [1.29, 1.82) is 0 Å². The summed E-state index contributed by atoms with van der Waals surface area (Å²) >= 11 is 0. The van der Waals surface area contributed by atoms with Gasteiger partial charge in [0.1, 0.15) is 11.3 Å². The smallest absolute Gasteiger partial charge is 0.401 e. The standard InChI is InChI=1S/C30H39F3N4O4/c1-4-21-24(37(16-19-5-6-19)20-7-10-36(11-8-20)17-30(31,32)33)14-26-22(9-12-41-26)27(21)29(39)34-15-23-25(40-3)13-18(2)35-28(23)38/h9,12,14,18-20H,4-8,10-11,13,15-17H2,1-3H3,(H,34,39)(H,35,38). The highest BCUT2D eigenvalue weighted by Crippen LogP contribution is 2.39. The second-order valence-corrected chi connectivity index (χ2v) is 11.5. The Morgan fingerprint density at radius 2 is 1.98 bits per heavy atom. The number of halogens is 3. The molecule has 2 aliphatic heterocycles. The highest BCUT2D eigenvalue weighted by molar-refractivity contribution is 6.09. The second kappa shape index (κ2) is 12.0. The molecular weight excluding hydrogens is 537 g/mol. The molecule has 1 aromatic heterocycles. The lowest BCUT2D eigenvalue weighted by molar-refractivity contribution is -0.147. The third-order valence-electron chi connectivity index (χ3n) is 8.44. The normalized spacial score (nSPS) is 20.8. The number of fused-ring (bicyclic) bond motifs is 1. The van der Waals surface area contributed by atoms with Crippen LogP contribution in [0.25, 0.3) is 11.0 Å². The van der Waals surface area contributed by atoms with Crippen LogP contribution in [0.3, 0.4) is 0 Å². The van der Waals surface area contributed by atoms with Gasteiger partial charge in [0.25, 0.3) is 11.8 Å². The molecule has 41 heavy (non-hydrogen) atoms. The van der Waals surface area contributed by atoms with Gasteiger partial charge in [-0.05, 0) is 56.6 Å². The Labute approximate surface area is 238 Å². The van der Waals surface area contributed by atoms with Crippen LogP contribution >= 0.6 is 0 Å². The van der Waals surface area contributed by atoms with Crippen LogP contribution in [0.1, 0.15) is 61.9 Å². The number of piperidine rings is 1. The van der Waals surface area contributed by atoms with Crippen molar-refractivity contribution in [3.63, 3.8) is 0 Å². The molecule has 5 rings (SSSR count). The van der Waals surface area contributed by atoms with Gasteiger partial charge >= 0.3 is 6.18 Å². The maximum Gasteiger partial charge on any atom is 0.401 e. The maximum absolute atomic E-state index is 13.8. The Hall–Kier alpha value is -3.21. The molecular formula is C30H39F3N4O4. The van der Waals surface area contributed by atoms with Crippen LogP contribution in [0, 0.1) is 5.92 Å². The van der Waals surface area contributed by atoms with Crippen molar-refractivity contribution < 1.29 is 31.9 Å². The lowest BCUT2D eigenvalue weighted by atomic mass is 9.94. The zero-order valence-electron chi connectivity index (χ0n) is 23.9. The molecule has 1 unspecified atom stereocenters. The number of alkyl halides is 3. The predicted octanol–water partition coefficient (Wildman–Crippen LogP) is 4.78. The van der Waals surface area contributed by atoms with Crippen molar-refractivity contribution in [2.45, 2.75) is 70.6 Å². The summed E-state index contributed by atoms with van der Waals surface area (Å²) in [5.74, 6) is 0.526. The summed E-state index contributed by atoms with van der Waals surface area (Å²) in [6.45, 7) is 4.59. The van der Waals surface area contributed by atoms with Gasteiger partial charge in [0.2, 0.25) is 0 Å². The van der Waals surface area contributed by atoms with E-state index in [0.717, 1.165) is 30.6 Å². The van der Waals surface area contributed by atoms with E-state index in [0.29, 0.717) is 72.6 Å². The summed E-state index contributed by atoms with van der Waals surface area (Å²) < 4.78 is 50.3. The van der Waals surface area contributed by atoms with Crippen molar-refractivity contribution in [2.75, 3.05) is 44.7 Å². The fraction of sp³-hybridized carbons (Fsp3) is 0.600. The number of furan rings is 1. The monoisotopic (exact) mass is 576 g/mol. The van der Waals surface area contributed by atoms with Gasteiger partial charge in [0, 0.05) is 55.3 Å². The fourth-order valence-corrected chi connectivity index (χ4v) is 6.21. The van der Waals surface area contributed by atoms with Crippen LogP contribution in [0.15, 0.2) is 34.1 Å². The van der Waals surface area contributed by atoms with Crippen molar-refractivity contribution in [3.05, 3.63) is 40.9 Å². The molecule has 0 bridgehead atoms. The summed E-state index contributed by atoms with van der Waals surface area (Å²) in [5.41, 5.74) is 3.27. The van der Waals surface area contributed by atoms with Crippen LogP contribution in [-0.2, 0) is 16.0 Å². The first-order valence-electron chi connectivity index (χ1n) is 14.5. The number of anilines is 1. The molecule has 8 nitrogen and oxygen atoms in total. The van der Waals surface area contributed by atoms with E-state index in [9.17, 15) is 22.8 Å². The molecule has 0 radical (unpaired) electrons. The summed E-state index contributed by atoms with van der Waals surface area (Å²) in [6, 6.07) is 3.78. The molecule has 224 valence electrons. The zero-order valence-corrected chi connectivity index (χ0v) is 23.9. The van der Waals surface area contributed by atoms with Gasteiger partial charge in [-0.2, -0.15) is 13.2 Å². The third-order valence-corrected chi connectivity index (χ3v) is 8.44. The SMILES string of the molecule is CCc1c(N(CC2CC2)C2CCN(CC(F)(F)F)CC2)cc2occc2c1C(=O)NCC1=C(OC)CC(C)NC1=O.